The first-order valence-electron chi connectivity index (χ1n) is 7.43. The van der Waals surface area contributed by atoms with Gasteiger partial charge in [-0.15, -0.1) is 0 Å². The van der Waals surface area contributed by atoms with Crippen LogP contribution in [0.25, 0.3) is 0 Å². The van der Waals surface area contributed by atoms with Gasteiger partial charge < -0.3 is 0 Å². The van der Waals surface area contributed by atoms with E-state index in [-0.39, 0.29) is 10.5 Å². The van der Waals surface area contributed by atoms with E-state index < -0.39 is 20.4 Å². The molecule has 0 saturated heterocycles. The molecule has 2 rings (SSSR count). The summed E-state index contributed by atoms with van der Waals surface area (Å²) >= 11 is 5.39. The summed E-state index contributed by atoms with van der Waals surface area (Å²) in [5.41, 5.74) is 0.448. The van der Waals surface area contributed by atoms with Crippen molar-refractivity contribution in [1.29, 1.82) is 0 Å². The Balaban J connectivity index is 2.43. The topological polar surface area (TPSA) is 46.5 Å². The van der Waals surface area contributed by atoms with E-state index in [9.17, 15) is 9.59 Å². The molecule has 0 spiro atoms. The van der Waals surface area contributed by atoms with Gasteiger partial charge in [-0.05, 0) is 0 Å². The van der Waals surface area contributed by atoms with Gasteiger partial charge in [0.2, 0.25) is 0 Å². The predicted octanol–water partition coefficient (Wildman–Crippen LogP) is 4.53. The Morgan fingerprint density at radius 3 is 2.12 bits per heavy atom. The fourth-order valence-electron chi connectivity index (χ4n) is 2.11. The molecular weight excluding hydrogens is 389 g/mol. The molecule has 2 aromatic rings. The van der Waals surface area contributed by atoms with Crippen LogP contribution in [-0.2, 0) is 4.79 Å². The molecule has 0 aliphatic rings. The second kappa shape index (κ2) is 7.89. The fourth-order valence-corrected chi connectivity index (χ4v) is 3.85. The first-order valence-corrected chi connectivity index (χ1v) is 9.53. The summed E-state index contributed by atoms with van der Waals surface area (Å²) in [6, 6.07) is 16.1. The molecule has 0 aliphatic carbocycles. The molecule has 24 heavy (non-hydrogen) atoms. The van der Waals surface area contributed by atoms with Gasteiger partial charge >= 0.3 is 153 Å². The number of benzene rings is 2. The Labute approximate surface area is 153 Å². The summed E-state index contributed by atoms with van der Waals surface area (Å²) < 4.78 is 0.642. The van der Waals surface area contributed by atoms with Crippen LogP contribution in [0.15, 0.2) is 59.6 Å². The van der Waals surface area contributed by atoms with Crippen molar-refractivity contribution >= 4 is 47.3 Å². The number of nitrogens with zero attached hydrogens (tertiary/aromatic N) is 1. The van der Waals surface area contributed by atoms with Crippen molar-refractivity contribution in [2.24, 2.45) is 10.4 Å². The SMILES string of the molecule is CC(=O)[Se]C(=Nc1ccc(Cl)cc1)C(C)(C)C(=O)c1ccccc1. The summed E-state index contributed by atoms with van der Waals surface area (Å²) in [7, 11) is 0. The first kappa shape index (κ1) is 18.6. The molecule has 2 aromatic carbocycles. The van der Waals surface area contributed by atoms with E-state index in [1.165, 1.54) is 6.92 Å². The zero-order valence-electron chi connectivity index (χ0n) is 13.7. The van der Waals surface area contributed by atoms with Crippen LogP contribution in [0.3, 0.4) is 0 Å². The van der Waals surface area contributed by atoms with Gasteiger partial charge in [0.15, 0.2) is 0 Å². The molecule has 3 nitrogen and oxygen atoms in total. The molecule has 124 valence electrons. The summed E-state index contributed by atoms with van der Waals surface area (Å²) in [5, 5.41) is 0.618. The maximum absolute atomic E-state index is 12.9. The van der Waals surface area contributed by atoms with Crippen LogP contribution in [0, 0.1) is 5.41 Å². The molecule has 0 atom stereocenters. The van der Waals surface area contributed by atoms with Crippen LogP contribution >= 0.6 is 11.6 Å². The number of aliphatic imine (C=N–C) groups is 1. The van der Waals surface area contributed by atoms with Gasteiger partial charge in [0, 0.05) is 0 Å². The molecule has 5 heteroatoms. The Hall–Kier alpha value is -1.74. The van der Waals surface area contributed by atoms with E-state index in [4.69, 9.17) is 11.6 Å². The normalized spacial score (nSPS) is 12.1. The molecule has 0 aromatic heterocycles. The van der Waals surface area contributed by atoms with Gasteiger partial charge in [-0.2, -0.15) is 0 Å². The molecule has 0 fully saturated rings. The second-order valence-electron chi connectivity index (χ2n) is 5.81. The van der Waals surface area contributed by atoms with Crippen molar-refractivity contribution in [2.45, 2.75) is 20.8 Å². The van der Waals surface area contributed by atoms with E-state index in [2.05, 4.69) is 4.99 Å². The monoisotopic (exact) mass is 407 g/mol. The van der Waals surface area contributed by atoms with Crippen molar-refractivity contribution in [3.05, 3.63) is 65.2 Å². The van der Waals surface area contributed by atoms with Gasteiger partial charge in [0.25, 0.3) is 0 Å². The number of hydrogen-bond acceptors (Lipinski definition) is 3. The van der Waals surface area contributed by atoms with Crippen LogP contribution in [0.2, 0.25) is 5.02 Å². The summed E-state index contributed by atoms with van der Waals surface area (Å²) in [6.45, 7) is 5.17. The number of rotatable bonds is 6. The predicted molar refractivity (Wildman–Crippen MR) is 99.5 cm³/mol. The van der Waals surface area contributed by atoms with E-state index in [0.717, 1.165) is 0 Å². The van der Waals surface area contributed by atoms with Crippen LogP contribution in [0.5, 0.6) is 0 Å². The third-order valence-corrected chi connectivity index (χ3v) is 5.96. The number of Topliss-reactive ketones (excluding diaryl/α,β-unsaturated/α-hetero) is 1. The average Bonchev–Trinajstić information content (AvgIpc) is 2.56. The summed E-state index contributed by atoms with van der Waals surface area (Å²) in [4.78, 5) is 29.3. The van der Waals surface area contributed by atoms with Crippen molar-refractivity contribution in [3.8, 4) is 0 Å². The molecule has 0 unspecified atom stereocenters. The van der Waals surface area contributed by atoms with E-state index in [1.54, 1.807) is 36.4 Å². The Kier molecular flexibility index (Phi) is 6.11. The van der Waals surface area contributed by atoms with Gasteiger partial charge in [-0.1, -0.05) is 0 Å². The zero-order chi connectivity index (χ0) is 17.7. The van der Waals surface area contributed by atoms with E-state index in [0.29, 0.717) is 20.9 Å². The number of carbonyl (C=O) groups excluding carboxylic acids is 2. The molecule has 0 aliphatic heterocycles. The third kappa shape index (κ3) is 4.64. The first-order chi connectivity index (χ1) is 11.3. The van der Waals surface area contributed by atoms with Crippen LogP contribution in [0.1, 0.15) is 31.1 Å². The molecule has 0 heterocycles. The fraction of sp³-hybridized carbons (Fsp3) is 0.211. The standard InChI is InChI=1S/C19H18ClNO2Se/c1-13(22)24-18(21-16-11-9-15(20)10-12-16)19(2,3)17(23)14-7-5-4-6-8-14/h4-12H,1-3H3. The zero-order valence-corrected chi connectivity index (χ0v) is 16.2. The molecule has 0 N–H and O–H groups in total. The quantitative estimate of drug-likeness (QED) is 0.402. The number of halogens is 1. The van der Waals surface area contributed by atoms with Gasteiger partial charge in [-0.25, -0.2) is 0 Å². The Morgan fingerprint density at radius 2 is 1.58 bits per heavy atom. The third-order valence-electron chi connectivity index (χ3n) is 3.44. The van der Waals surface area contributed by atoms with Crippen molar-refractivity contribution in [2.75, 3.05) is 0 Å². The van der Waals surface area contributed by atoms with Crippen LogP contribution < -0.4 is 0 Å². The minimum absolute atomic E-state index is 0.0316. The van der Waals surface area contributed by atoms with E-state index >= 15 is 0 Å². The van der Waals surface area contributed by atoms with Crippen LogP contribution in [0.4, 0.5) is 5.69 Å². The number of carbonyl (C=O) groups is 2. The average molecular weight is 407 g/mol. The van der Waals surface area contributed by atoms with Gasteiger partial charge in [-0.3, -0.25) is 0 Å². The van der Waals surface area contributed by atoms with E-state index in [1.807, 2.05) is 32.0 Å². The Morgan fingerprint density at radius 1 is 1.00 bits per heavy atom. The second-order valence-corrected chi connectivity index (χ2v) is 8.69. The van der Waals surface area contributed by atoms with Crippen molar-refractivity contribution in [3.63, 3.8) is 0 Å². The molecule has 0 saturated carbocycles. The summed E-state index contributed by atoms with van der Waals surface area (Å²) in [5.74, 6) is -0.0426. The molecule has 0 radical (unpaired) electrons. The maximum atomic E-state index is 12.9. The molecular formula is C19H18ClNO2Se. The van der Waals surface area contributed by atoms with Crippen molar-refractivity contribution in [1.82, 2.24) is 0 Å². The minimum atomic E-state index is -0.855. The van der Waals surface area contributed by atoms with Gasteiger partial charge in [0.05, 0.1) is 0 Å². The number of ketones is 1. The summed E-state index contributed by atoms with van der Waals surface area (Å²) in [6.07, 6.45) is 0. The molecule has 0 amide bonds. The Bertz CT molecular complexity index is 768. The van der Waals surface area contributed by atoms with Crippen molar-refractivity contribution < 1.29 is 9.59 Å². The number of hydrogen-bond donors (Lipinski definition) is 0. The molecule has 0 bridgehead atoms. The van der Waals surface area contributed by atoms with Gasteiger partial charge in [0.1, 0.15) is 0 Å². The van der Waals surface area contributed by atoms with Crippen LogP contribution in [-0.4, -0.2) is 30.0 Å².